The highest BCUT2D eigenvalue weighted by Crippen LogP contribution is 2.27. The van der Waals surface area contributed by atoms with Gasteiger partial charge in [0.15, 0.2) is 0 Å². The van der Waals surface area contributed by atoms with Crippen LogP contribution in [0.4, 0.5) is 0 Å². The Morgan fingerprint density at radius 1 is 1.19 bits per heavy atom. The normalized spacial score (nSPS) is 11.6. The third-order valence-corrected chi connectivity index (χ3v) is 5.97. The molecule has 5 nitrogen and oxygen atoms in total. The van der Waals surface area contributed by atoms with Crippen molar-refractivity contribution in [3.63, 3.8) is 0 Å². The monoisotopic (exact) mass is 364 g/mol. The van der Waals surface area contributed by atoms with Crippen molar-refractivity contribution in [2.45, 2.75) is 38.8 Å². The SMILES string of the molecule is C[Si](C)(C)CCOCn1ccc2c(-c3cccc(CC#N)c3)ncnc21. The minimum absolute atomic E-state index is 0.397. The van der Waals surface area contributed by atoms with Gasteiger partial charge in [0.1, 0.15) is 18.7 Å². The van der Waals surface area contributed by atoms with Crippen molar-refractivity contribution < 1.29 is 4.74 Å². The van der Waals surface area contributed by atoms with Crippen molar-refractivity contribution in [3.8, 4) is 17.3 Å². The highest BCUT2D eigenvalue weighted by molar-refractivity contribution is 6.76. The lowest BCUT2D eigenvalue weighted by Crippen LogP contribution is -2.22. The van der Waals surface area contributed by atoms with Crippen LogP contribution in [0.1, 0.15) is 5.56 Å². The third kappa shape index (κ3) is 4.37. The summed E-state index contributed by atoms with van der Waals surface area (Å²) in [6, 6.07) is 13.3. The number of benzene rings is 1. The number of nitrogens with zero attached hydrogens (tertiary/aromatic N) is 4. The van der Waals surface area contributed by atoms with E-state index in [1.165, 1.54) is 0 Å². The molecule has 0 radical (unpaired) electrons. The Balaban J connectivity index is 1.83. The molecule has 2 aromatic heterocycles. The summed E-state index contributed by atoms with van der Waals surface area (Å²) >= 11 is 0. The topological polar surface area (TPSA) is 63.7 Å². The second-order valence-electron chi connectivity index (χ2n) is 7.63. The first-order chi connectivity index (χ1) is 12.5. The molecule has 0 atom stereocenters. The predicted molar refractivity (Wildman–Crippen MR) is 106 cm³/mol. The fraction of sp³-hybridized carbons (Fsp3) is 0.350. The third-order valence-electron chi connectivity index (χ3n) is 4.27. The molecule has 0 saturated heterocycles. The van der Waals surface area contributed by atoms with Crippen molar-refractivity contribution in [3.05, 3.63) is 48.4 Å². The molecule has 134 valence electrons. The molecule has 0 N–H and O–H groups in total. The number of aromatic nitrogens is 3. The fourth-order valence-corrected chi connectivity index (χ4v) is 3.56. The van der Waals surface area contributed by atoms with Gasteiger partial charge in [0.25, 0.3) is 0 Å². The number of hydrogen-bond donors (Lipinski definition) is 0. The minimum atomic E-state index is -1.08. The van der Waals surface area contributed by atoms with Crippen molar-refractivity contribution in [2.24, 2.45) is 0 Å². The van der Waals surface area contributed by atoms with Gasteiger partial charge in [-0.1, -0.05) is 37.8 Å². The Morgan fingerprint density at radius 3 is 2.81 bits per heavy atom. The molecule has 2 heterocycles. The first kappa shape index (κ1) is 18.3. The van der Waals surface area contributed by atoms with Gasteiger partial charge in [0, 0.05) is 31.8 Å². The fourth-order valence-electron chi connectivity index (χ4n) is 2.80. The van der Waals surface area contributed by atoms with Crippen LogP contribution in [-0.4, -0.2) is 29.2 Å². The summed E-state index contributed by atoms with van der Waals surface area (Å²) in [5.74, 6) is 0. The Hall–Kier alpha value is -2.49. The molecule has 3 aromatic rings. The van der Waals surface area contributed by atoms with Crippen LogP contribution in [0, 0.1) is 11.3 Å². The molecule has 0 unspecified atom stereocenters. The van der Waals surface area contributed by atoms with Crippen molar-refractivity contribution in [1.29, 1.82) is 5.26 Å². The quantitative estimate of drug-likeness (QED) is 0.458. The molecule has 0 saturated carbocycles. The maximum atomic E-state index is 8.92. The summed E-state index contributed by atoms with van der Waals surface area (Å²) in [6.07, 6.45) is 3.98. The second-order valence-corrected chi connectivity index (χ2v) is 13.2. The van der Waals surface area contributed by atoms with Gasteiger partial charge < -0.3 is 9.30 Å². The summed E-state index contributed by atoms with van der Waals surface area (Å²) in [7, 11) is -1.08. The van der Waals surface area contributed by atoms with E-state index in [0.29, 0.717) is 13.2 Å². The summed E-state index contributed by atoms with van der Waals surface area (Å²) in [5.41, 5.74) is 3.75. The standard InChI is InChI=1S/C20H24N4OSi/c1-26(2,3)12-11-25-15-24-10-8-18-19(22-14-23-20(18)24)17-6-4-5-16(13-17)7-9-21/h4-6,8,10,13-14H,7,11-12,15H2,1-3H3. The van der Waals surface area contributed by atoms with E-state index in [0.717, 1.165) is 40.5 Å². The Kier molecular flexibility index (Phi) is 5.50. The number of nitriles is 1. The highest BCUT2D eigenvalue weighted by atomic mass is 28.3. The van der Waals surface area contributed by atoms with Crippen LogP contribution >= 0.6 is 0 Å². The molecule has 0 aliphatic heterocycles. The molecule has 0 fully saturated rings. The Labute approximate surface area is 155 Å². The van der Waals surface area contributed by atoms with Gasteiger partial charge in [-0.3, -0.25) is 0 Å². The van der Waals surface area contributed by atoms with Gasteiger partial charge in [-0.15, -0.1) is 0 Å². The molecule has 26 heavy (non-hydrogen) atoms. The molecular weight excluding hydrogens is 340 g/mol. The van der Waals surface area contributed by atoms with Crippen LogP contribution in [0.5, 0.6) is 0 Å². The highest BCUT2D eigenvalue weighted by Gasteiger charge is 2.13. The summed E-state index contributed by atoms with van der Waals surface area (Å²) < 4.78 is 7.88. The summed E-state index contributed by atoms with van der Waals surface area (Å²) in [4.78, 5) is 8.92. The van der Waals surface area contributed by atoms with Gasteiger partial charge in [0.05, 0.1) is 18.2 Å². The van der Waals surface area contributed by atoms with Gasteiger partial charge >= 0.3 is 0 Å². The molecule has 0 spiro atoms. The number of fused-ring (bicyclic) bond motifs is 1. The van der Waals surface area contributed by atoms with E-state index >= 15 is 0 Å². The maximum Gasteiger partial charge on any atom is 0.145 e. The average molecular weight is 365 g/mol. The zero-order chi connectivity index (χ0) is 18.6. The van der Waals surface area contributed by atoms with E-state index in [4.69, 9.17) is 10.00 Å². The van der Waals surface area contributed by atoms with Crippen LogP contribution < -0.4 is 0 Å². The molecule has 0 bridgehead atoms. The number of hydrogen-bond acceptors (Lipinski definition) is 4. The molecule has 6 heteroatoms. The van der Waals surface area contributed by atoms with E-state index in [2.05, 4.69) is 35.7 Å². The zero-order valence-corrected chi connectivity index (χ0v) is 16.6. The maximum absolute atomic E-state index is 8.92. The van der Waals surface area contributed by atoms with Crippen LogP contribution in [0.15, 0.2) is 42.9 Å². The predicted octanol–water partition coefficient (Wildman–Crippen LogP) is 4.48. The largest absolute Gasteiger partial charge is 0.361 e. The molecule has 0 aliphatic carbocycles. The first-order valence-electron chi connectivity index (χ1n) is 8.82. The average Bonchev–Trinajstić information content (AvgIpc) is 3.02. The molecule has 0 aliphatic rings. The lowest BCUT2D eigenvalue weighted by Gasteiger charge is -2.15. The van der Waals surface area contributed by atoms with Gasteiger partial charge in [-0.05, 0) is 23.7 Å². The number of ether oxygens (including phenoxy) is 1. The minimum Gasteiger partial charge on any atom is -0.361 e. The lowest BCUT2D eigenvalue weighted by molar-refractivity contribution is 0.0899. The van der Waals surface area contributed by atoms with E-state index in [-0.39, 0.29) is 0 Å². The first-order valence-corrected chi connectivity index (χ1v) is 12.5. The van der Waals surface area contributed by atoms with Crippen LogP contribution in [0.3, 0.4) is 0 Å². The summed E-state index contributed by atoms with van der Waals surface area (Å²) in [5, 5.41) is 9.91. The van der Waals surface area contributed by atoms with Crippen LogP contribution in [-0.2, 0) is 17.9 Å². The van der Waals surface area contributed by atoms with E-state index in [1.54, 1.807) is 6.33 Å². The van der Waals surface area contributed by atoms with E-state index in [1.807, 2.05) is 41.1 Å². The molecule has 3 rings (SSSR count). The van der Waals surface area contributed by atoms with Crippen LogP contribution in [0.2, 0.25) is 25.7 Å². The van der Waals surface area contributed by atoms with Gasteiger partial charge in [-0.25, -0.2) is 9.97 Å². The van der Waals surface area contributed by atoms with Crippen LogP contribution in [0.25, 0.3) is 22.3 Å². The lowest BCUT2D eigenvalue weighted by atomic mass is 10.0. The van der Waals surface area contributed by atoms with E-state index < -0.39 is 8.07 Å². The van der Waals surface area contributed by atoms with Crippen molar-refractivity contribution in [1.82, 2.24) is 14.5 Å². The Morgan fingerprint density at radius 2 is 2.04 bits per heavy atom. The van der Waals surface area contributed by atoms with Crippen molar-refractivity contribution in [2.75, 3.05) is 6.61 Å². The van der Waals surface area contributed by atoms with E-state index in [9.17, 15) is 0 Å². The molecule has 1 aromatic carbocycles. The number of rotatable bonds is 7. The van der Waals surface area contributed by atoms with Gasteiger partial charge in [-0.2, -0.15) is 5.26 Å². The van der Waals surface area contributed by atoms with Crippen molar-refractivity contribution >= 4 is 19.1 Å². The Bertz CT molecular complexity index is 937. The van der Waals surface area contributed by atoms with Gasteiger partial charge in [0.2, 0.25) is 0 Å². The molecular formula is C20H24N4OSi. The smallest absolute Gasteiger partial charge is 0.145 e. The second kappa shape index (κ2) is 7.81. The zero-order valence-electron chi connectivity index (χ0n) is 15.6. The summed E-state index contributed by atoms with van der Waals surface area (Å²) in [6.45, 7) is 8.33. The molecule has 0 amide bonds.